The standard InChI is InChI=1S/C26H27N3O3S/c1-4-13-32-21-11-7-19(8-12-21)22-15-33-25-24(22)26(31)29(16-27-25)14-23(30)28-20-9-5-18(6-10-20)17(2)3/h5-12,15-17H,4,13-14H2,1-3H3,(H,28,30). The van der Waals surface area contributed by atoms with Gasteiger partial charge in [-0.2, -0.15) is 0 Å². The van der Waals surface area contributed by atoms with Crippen LogP contribution in [0.2, 0.25) is 0 Å². The zero-order chi connectivity index (χ0) is 23.4. The van der Waals surface area contributed by atoms with Gasteiger partial charge in [0.2, 0.25) is 5.91 Å². The molecule has 0 aliphatic rings. The minimum atomic E-state index is -0.273. The minimum Gasteiger partial charge on any atom is -0.494 e. The number of anilines is 1. The number of carbonyl (C=O) groups excluding carboxylic acids is 1. The molecular weight excluding hydrogens is 434 g/mol. The van der Waals surface area contributed by atoms with Gasteiger partial charge in [-0.05, 0) is 47.7 Å². The summed E-state index contributed by atoms with van der Waals surface area (Å²) in [7, 11) is 0. The van der Waals surface area contributed by atoms with Crippen LogP contribution in [0.3, 0.4) is 0 Å². The summed E-state index contributed by atoms with van der Waals surface area (Å²) in [5.74, 6) is 0.949. The Balaban J connectivity index is 1.55. The highest BCUT2D eigenvalue weighted by atomic mass is 32.1. The van der Waals surface area contributed by atoms with Crippen LogP contribution in [0.25, 0.3) is 21.3 Å². The van der Waals surface area contributed by atoms with E-state index in [0.29, 0.717) is 28.4 Å². The van der Waals surface area contributed by atoms with Crippen molar-refractivity contribution >= 4 is 33.1 Å². The third-order valence-corrected chi connectivity index (χ3v) is 6.26. The molecule has 4 rings (SSSR count). The quantitative estimate of drug-likeness (QED) is 0.367. The van der Waals surface area contributed by atoms with Crippen LogP contribution in [0.4, 0.5) is 5.69 Å². The second-order valence-corrected chi connectivity index (χ2v) is 9.06. The highest BCUT2D eigenvalue weighted by molar-refractivity contribution is 7.17. The van der Waals surface area contributed by atoms with E-state index >= 15 is 0 Å². The molecular formula is C26H27N3O3S. The number of carbonyl (C=O) groups is 1. The fraction of sp³-hybridized carbons (Fsp3) is 0.269. The third-order valence-electron chi connectivity index (χ3n) is 5.37. The Kier molecular flexibility index (Phi) is 6.89. The smallest absolute Gasteiger partial charge is 0.263 e. The lowest BCUT2D eigenvalue weighted by atomic mass is 10.0. The molecule has 0 fully saturated rings. The number of thiophene rings is 1. The Labute approximate surface area is 196 Å². The van der Waals surface area contributed by atoms with Gasteiger partial charge in [-0.15, -0.1) is 11.3 Å². The minimum absolute atomic E-state index is 0.104. The lowest BCUT2D eigenvalue weighted by Crippen LogP contribution is -2.27. The molecule has 0 saturated carbocycles. The summed E-state index contributed by atoms with van der Waals surface area (Å²) in [6.07, 6.45) is 2.38. The van der Waals surface area contributed by atoms with E-state index in [9.17, 15) is 9.59 Å². The molecule has 0 spiro atoms. The number of nitrogens with one attached hydrogen (secondary N) is 1. The maximum atomic E-state index is 13.2. The van der Waals surface area contributed by atoms with Crippen molar-refractivity contribution in [2.75, 3.05) is 11.9 Å². The molecule has 0 saturated heterocycles. The van der Waals surface area contributed by atoms with Crippen LogP contribution in [0.15, 0.2) is 65.0 Å². The average molecular weight is 462 g/mol. The third kappa shape index (κ3) is 5.14. The van der Waals surface area contributed by atoms with Crippen molar-refractivity contribution in [3.05, 3.63) is 76.2 Å². The highest BCUT2D eigenvalue weighted by Gasteiger charge is 2.15. The predicted octanol–water partition coefficient (Wildman–Crippen LogP) is 5.68. The number of hydrogen-bond acceptors (Lipinski definition) is 5. The van der Waals surface area contributed by atoms with Gasteiger partial charge in [0.05, 0.1) is 18.3 Å². The van der Waals surface area contributed by atoms with Crippen molar-refractivity contribution in [1.29, 1.82) is 0 Å². The van der Waals surface area contributed by atoms with Crippen LogP contribution in [0.5, 0.6) is 5.75 Å². The van der Waals surface area contributed by atoms with E-state index in [1.165, 1.54) is 27.8 Å². The van der Waals surface area contributed by atoms with Gasteiger partial charge in [-0.3, -0.25) is 14.2 Å². The van der Waals surface area contributed by atoms with E-state index in [4.69, 9.17) is 4.74 Å². The van der Waals surface area contributed by atoms with Gasteiger partial charge in [0.25, 0.3) is 5.56 Å². The lowest BCUT2D eigenvalue weighted by Gasteiger charge is -2.10. The van der Waals surface area contributed by atoms with Gasteiger partial charge in [-0.1, -0.05) is 45.0 Å². The largest absolute Gasteiger partial charge is 0.494 e. The number of aromatic nitrogens is 2. The molecule has 2 aromatic carbocycles. The summed E-state index contributed by atoms with van der Waals surface area (Å²) in [6.45, 7) is 6.87. The van der Waals surface area contributed by atoms with E-state index < -0.39 is 0 Å². The lowest BCUT2D eigenvalue weighted by molar-refractivity contribution is -0.116. The molecule has 0 bridgehead atoms. The molecule has 7 heteroatoms. The van der Waals surface area contributed by atoms with E-state index in [-0.39, 0.29) is 18.0 Å². The fourth-order valence-electron chi connectivity index (χ4n) is 3.55. The zero-order valence-electron chi connectivity index (χ0n) is 19.0. The molecule has 0 atom stereocenters. The molecule has 33 heavy (non-hydrogen) atoms. The normalized spacial score (nSPS) is 11.2. The number of hydrogen-bond donors (Lipinski definition) is 1. The maximum Gasteiger partial charge on any atom is 0.263 e. The Hall–Kier alpha value is -3.45. The van der Waals surface area contributed by atoms with E-state index in [1.54, 1.807) is 0 Å². The molecule has 6 nitrogen and oxygen atoms in total. The summed E-state index contributed by atoms with van der Waals surface area (Å²) in [5.41, 5.74) is 3.40. The second kappa shape index (κ2) is 10.0. The summed E-state index contributed by atoms with van der Waals surface area (Å²) in [4.78, 5) is 30.9. The van der Waals surface area contributed by atoms with Gasteiger partial charge in [0.1, 0.15) is 17.1 Å². The van der Waals surface area contributed by atoms with Gasteiger partial charge in [-0.25, -0.2) is 4.98 Å². The summed E-state index contributed by atoms with van der Waals surface area (Å²) >= 11 is 1.42. The first-order valence-corrected chi connectivity index (χ1v) is 11.9. The Morgan fingerprint density at radius 1 is 1.12 bits per heavy atom. The monoisotopic (exact) mass is 461 g/mol. The van der Waals surface area contributed by atoms with Gasteiger partial charge in [0.15, 0.2) is 0 Å². The van der Waals surface area contributed by atoms with Crippen molar-refractivity contribution in [2.45, 2.75) is 39.7 Å². The van der Waals surface area contributed by atoms with E-state index in [2.05, 4.69) is 31.1 Å². The summed E-state index contributed by atoms with van der Waals surface area (Å²) < 4.78 is 7.00. The van der Waals surface area contributed by atoms with Gasteiger partial charge < -0.3 is 10.1 Å². The second-order valence-electron chi connectivity index (χ2n) is 8.20. The number of nitrogens with zero attached hydrogens (tertiary/aromatic N) is 2. The SMILES string of the molecule is CCCOc1ccc(-c2csc3ncn(CC(=O)Nc4ccc(C(C)C)cc4)c(=O)c23)cc1. The molecule has 1 amide bonds. The molecule has 0 aliphatic carbocycles. The van der Waals surface area contributed by atoms with Crippen molar-refractivity contribution < 1.29 is 9.53 Å². The van der Waals surface area contributed by atoms with Crippen LogP contribution in [0.1, 0.15) is 38.7 Å². The van der Waals surface area contributed by atoms with E-state index in [0.717, 1.165) is 23.3 Å². The van der Waals surface area contributed by atoms with Crippen molar-refractivity contribution in [3.63, 3.8) is 0 Å². The van der Waals surface area contributed by atoms with Crippen molar-refractivity contribution in [3.8, 4) is 16.9 Å². The Morgan fingerprint density at radius 2 is 1.85 bits per heavy atom. The maximum absolute atomic E-state index is 13.2. The topological polar surface area (TPSA) is 73.2 Å². The summed E-state index contributed by atoms with van der Waals surface area (Å²) in [6, 6.07) is 15.4. The first-order chi connectivity index (χ1) is 16.0. The Bertz CT molecular complexity index is 1310. The molecule has 4 aromatic rings. The van der Waals surface area contributed by atoms with Crippen molar-refractivity contribution in [2.24, 2.45) is 0 Å². The van der Waals surface area contributed by atoms with Crippen LogP contribution < -0.4 is 15.6 Å². The van der Waals surface area contributed by atoms with Crippen LogP contribution in [-0.2, 0) is 11.3 Å². The first-order valence-electron chi connectivity index (χ1n) is 11.1. The average Bonchev–Trinajstić information content (AvgIpc) is 3.25. The molecule has 2 heterocycles. The van der Waals surface area contributed by atoms with Crippen LogP contribution in [0, 0.1) is 0 Å². The van der Waals surface area contributed by atoms with Gasteiger partial charge in [0, 0.05) is 16.6 Å². The van der Waals surface area contributed by atoms with Crippen LogP contribution >= 0.6 is 11.3 Å². The molecule has 2 aromatic heterocycles. The molecule has 0 radical (unpaired) electrons. The molecule has 0 aliphatic heterocycles. The predicted molar refractivity (Wildman–Crippen MR) is 134 cm³/mol. The Morgan fingerprint density at radius 3 is 2.52 bits per heavy atom. The summed E-state index contributed by atoms with van der Waals surface area (Å²) in [5, 5.41) is 5.32. The van der Waals surface area contributed by atoms with Crippen molar-refractivity contribution in [1.82, 2.24) is 9.55 Å². The molecule has 0 unspecified atom stereocenters. The number of amides is 1. The fourth-order valence-corrected chi connectivity index (χ4v) is 4.46. The zero-order valence-corrected chi connectivity index (χ0v) is 19.8. The van der Waals surface area contributed by atoms with Crippen LogP contribution in [-0.4, -0.2) is 22.1 Å². The molecule has 170 valence electrons. The highest BCUT2D eigenvalue weighted by Crippen LogP contribution is 2.31. The number of fused-ring (bicyclic) bond motifs is 1. The first kappa shape index (κ1) is 22.7. The number of benzene rings is 2. The number of ether oxygens (including phenoxy) is 1. The molecule has 1 N–H and O–H groups in total. The van der Waals surface area contributed by atoms with Gasteiger partial charge >= 0.3 is 0 Å². The number of rotatable bonds is 8. The van der Waals surface area contributed by atoms with E-state index in [1.807, 2.05) is 53.9 Å².